The van der Waals surface area contributed by atoms with Gasteiger partial charge in [-0.3, -0.25) is 28.4 Å². The van der Waals surface area contributed by atoms with E-state index in [1.165, 1.54) is 19.0 Å². The van der Waals surface area contributed by atoms with Gasteiger partial charge in [0.05, 0.1) is 12.6 Å². The zero-order chi connectivity index (χ0) is 22.0. The lowest BCUT2D eigenvalue weighted by Crippen LogP contribution is -2.46. The number of amides is 1. The summed E-state index contributed by atoms with van der Waals surface area (Å²) < 4.78 is 2.78. The standard InChI is InChI=1S/C19H24BrN5O4/c1-10-8-12(20)6-7-13(10)22-14(26)9-23(3)11(2)16(27)15-17(21)24(4)19(29)25(5)18(15)28/h6-8,11H,9,21H2,1-5H3,(H,22,26). The lowest BCUT2D eigenvalue weighted by molar-refractivity contribution is -0.117. The van der Waals surface area contributed by atoms with Gasteiger partial charge in [-0.05, 0) is 44.7 Å². The molecule has 1 atom stereocenters. The Morgan fingerprint density at radius 2 is 1.86 bits per heavy atom. The number of Topliss-reactive ketones (excluding diaryl/α,β-unsaturated/α-hetero) is 1. The van der Waals surface area contributed by atoms with Crippen LogP contribution in [0, 0.1) is 6.92 Å². The number of anilines is 2. The third-order valence-corrected chi connectivity index (χ3v) is 5.35. The maximum Gasteiger partial charge on any atom is 0.332 e. The number of nitrogens with zero attached hydrogens (tertiary/aromatic N) is 3. The number of likely N-dealkylation sites (N-methyl/N-ethyl adjacent to an activating group) is 1. The highest BCUT2D eigenvalue weighted by Crippen LogP contribution is 2.20. The molecule has 1 amide bonds. The third kappa shape index (κ3) is 4.65. The zero-order valence-corrected chi connectivity index (χ0v) is 18.5. The molecule has 2 aromatic rings. The molecule has 156 valence electrons. The van der Waals surface area contributed by atoms with Gasteiger partial charge in [0, 0.05) is 24.3 Å². The number of carbonyl (C=O) groups is 2. The topological polar surface area (TPSA) is 119 Å². The second kappa shape index (κ2) is 8.75. The van der Waals surface area contributed by atoms with Gasteiger partial charge in [-0.25, -0.2) is 4.79 Å². The zero-order valence-electron chi connectivity index (χ0n) is 16.9. The molecule has 0 aliphatic carbocycles. The van der Waals surface area contributed by atoms with Crippen molar-refractivity contribution in [1.82, 2.24) is 14.0 Å². The molecular weight excluding hydrogens is 442 g/mol. The Bertz CT molecular complexity index is 1090. The summed E-state index contributed by atoms with van der Waals surface area (Å²) in [5.41, 5.74) is 5.77. The van der Waals surface area contributed by atoms with Gasteiger partial charge < -0.3 is 11.1 Å². The summed E-state index contributed by atoms with van der Waals surface area (Å²) in [6, 6.07) is 4.67. The van der Waals surface area contributed by atoms with Gasteiger partial charge in [-0.1, -0.05) is 15.9 Å². The molecule has 0 aliphatic rings. The third-order valence-electron chi connectivity index (χ3n) is 4.85. The summed E-state index contributed by atoms with van der Waals surface area (Å²) in [4.78, 5) is 51.1. The Labute approximate surface area is 176 Å². The van der Waals surface area contributed by atoms with Gasteiger partial charge in [0.1, 0.15) is 11.4 Å². The number of halogens is 1. The van der Waals surface area contributed by atoms with Crippen LogP contribution in [0.5, 0.6) is 0 Å². The number of aromatic nitrogens is 2. The van der Waals surface area contributed by atoms with Crippen molar-refractivity contribution in [3.05, 3.63) is 54.6 Å². The van der Waals surface area contributed by atoms with Crippen LogP contribution in [-0.2, 0) is 18.9 Å². The molecule has 1 heterocycles. The highest BCUT2D eigenvalue weighted by Gasteiger charge is 2.28. The summed E-state index contributed by atoms with van der Waals surface area (Å²) in [6.45, 7) is 3.37. The van der Waals surface area contributed by atoms with Crippen molar-refractivity contribution >= 4 is 39.1 Å². The highest BCUT2D eigenvalue weighted by molar-refractivity contribution is 9.10. The minimum atomic E-state index is -0.806. The number of carbonyl (C=O) groups excluding carboxylic acids is 2. The van der Waals surface area contributed by atoms with Crippen LogP contribution in [0.4, 0.5) is 11.5 Å². The molecule has 0 aliphatic heterocycles. The first-order chi connectivity index (χ1) is 13.5. The maximum atomic E-state index is 12.9. The van der Waals surface area contributed by atoms with Crippen LogP contribution >= 0.6 is 15.9 Å². The molecule has 10 heteroatoms. The summed E-state index contributed by atoms with van der Waals surface area (Å²) in [5, 5.41) is 2.80. The van der Waals surface area contributed by atoms with E-state index in [0.717, 1.165) is 19.2 Å². The van der Waals surface area contributed by atoms with E-state index in [9.17, 15) is 19.2 Å². The number of rotatable bonds is 6. The fourth-order valence-corrected chi connectivity index (χ4v) is 3.30. The quantitative estimate of drug-likeness (QED) is 0.611. The Morgan fingerprint density at radius 3 is 2.45 bits per heavy atom. The smallest absolute Gasteiger partial charge is 0.332 e. The number of nitrogen functional groups attached to an aromatic ring is 1. The molecule has 0 fully saturated rings. The SMILES string of the molecule is Cc1cc(Br)ccc1NC(=O)CN(C)C(C)C(=O)c1c(N)n(C)c(=O)n(C)c1=O. The van der Waals surface area contributed by atoms with Crippen molar-refractivity contribution in [1.29, 1.82) is 0 Å². The first kappa shape index (κ1) is 22.6. The molecule has 1 aromatic carbocycles. The molecule has 0 spiro atoms. The normalized spacial score (nSPS) is 12.1. The van der Waals surface area contributed by atoms with Crippen LogP contribution in [-0.4, -0.2) is 45.4 Å². The van der Waals surface area contributed by atoms with Gasteiger partial charge in [-0.2, -0.15) is 0 Å². The van der Waals surface area contributed by atoms with E-state index in [1.807, 2.05) is 19.1 Å². The van der Waals surface area contributed by atoms with E-state index in [0.29, 0.717) is 5.69 Å². The van der Waals surface area contributed by atoms with E-state index in [4.69, 9.17) is 5.73 Å². The Balaban J connectivity index is 2.19. The summed E-state index contributed by atoms with van der Waals surface area (Å²) in [6.07, 6.45) is 0. The first-order valence-electron chi connectivity index (χ1n) is 8.81. The van der Waals surface area contributed by atoms with Gasteiger partial charge >= 0.3 is 5.69 Å². The number of nitrogens with two attached hydrogens (primary N) is 1. The number of hydrogen-bond donors (Lipinski definition) is 2. The lowest BCUT2D eigenvalue weighted by Gasteiger charge is -2.24. The lowest BCUT2D eigenvalue weighted by atomic mass is 10.1. The minimum absolute atomic E-state index is 0.0750. The van der Waals surface area contributed by atoms with E-state index in [2.05, 4.69) is 21.2 Å². The highest BCUT2D eigenvalue weighted by atomic mass is 79.9. The van der Waals surface area contributed by atoms with Crippen molar-refractivity contribution in [2.24, 2.45) is 14.1 Å². The Kier molecular flexibility index (Phi) is 6.81. The number of ketones is 1. The number of hydrogen-bond acceptors (Lipinski definition) is 6. The summed E-state index contributed by atoms with van der Waals surface area (Å²) >= 11 is 3.37. The minimum Gasteiger partial charge on any atom is -0.384 e. The largest absolute Gasteiger partial charge is 0.384 e. The van der Waals surface area contributed by atoms with Gasteiger partial charge in [0.2, 0.25) is 5.91 Å². The number of benzene rings is 1. The van der Waals surface area contributed by atoms with Crippen LogP contribution in [0.1, 0.15) is 22.8 Å². The predicted molar refractivity (Wildman–Crippen MR) is 115 cm³/mol. The second-order valence-electron chi connectivity index (χ2n) is 6.93. The maximum absolute atomic E-state index is 12.9. The van der Waals surface area contributed by atoms with Crippen LogP contribution in [0.25, 0.3) is 0 Å². The van der Waals surface area contributed by atoms with Crippen molar-refractivity contribution in [2.45, 2.75) is 19.9 Å². The average Bonchev–Trinajstić information content (AvgIpc) is 2.66. The van der Waals surface area contributed by atoms with Gasteiger partial charge in [0.25, 0.3) is 5.56 Å². The second-order valence-corrected chi connectivity index (χ2v) is 7.84. The first-order valence-corrected chi connectivity index (χ1v) is 9.61. The molecule has 2 rings (SSSR count). The Morgan fingerprint density at radius 1 is 1.24 bits per heavy atom. The molecule has 3 N–H and O–H groups in total. The molecular formula is C19H24BrN5O4. The van der Waals surface area contributed by atoms with Gasteiger partial charge in [0.15, 0.2) is 5.78 Å². The summed E-state index contributed by atoms with van der Waals surface area (Å²) in [7, 11) is 4.26. The van der Waals surface area contributed by atoms with Crippen LogP contribution in [0.3, 0.4) is 0 Å². The molecule has 0 saturated heterocycles. The molecule has 1 unspecified atom stereocenters. The molecule has 9 nitrogen and oxygen atoms in total. The number of aryl methyl sites for hydroxylation is 1. The van der Waals surface area contributed by atoms with Crippen LogP contribution < -0.4 is 22.3 Å². The predicted octanol–water partition coefficient (Wildman–Crippen LogP) is 0.879. The summed E-state index contributed by atoms with van der Waals surface area (Å²) in [5.74, 6) is -1.06. The van der Waals surface area contributed by atoms with Crippen LogP contribution in [0.15, 0.2) is 32.3 Å². The Hall–Kier alpha value is -2.72. The fraction of sp³-hybridized carbons (Fsp3) is 0.368. The molecule has 0 bridgehead atoms. The van der Waals surface area contributed by atoms with E-state index in [-0.39, 0.29) is 23.8 Å². The number of nitrogens with one attached hydrogen (secondary N) is 1. The molecule has 0 radical (unpaired) electrons. The van der Waals surface area contributed by atoms with E-state index < -0.39 is 23.1 Å². The fourth-order valence-electron chi connectivity index (χ4n) is 2.82. The monoisotopic (exact) mass is 465 g/mol. The van der Waals surface area contributed by atoms with Crippen molar-refractivity contribution in [3.63, 3.8) is 0 Å². The molecule has 0 saturated carbocycles. The van der Waals surface area contributed by atoms with E-state index in [1.54, 1.807) is 20.0 Å². The average molecular weight is 466 g/mol. The molecule has 1 aromatic heterocycles. The van der Waals surface area contributed by atoms with Crippen molar-refractivity contribution in [2.75, 3.05) is 24.6 Å². The van der Waals surface area contributed by atoms with Crippen LogP contribution in [0.2, 0.25) is 0 Å². The van der Waals surface area contributed by atoms with E-state index >= 15 is 0 Å². The molecule has 29 heavy (non-hydrogen) atoms. The van der Waals surface area contributed by atoms with Crippen molar-refractivity contribution < 1.29 is 9.59 Å². The van der Waals surface area contributed by atoms with Crippen molar-refractivity contribution in [3.8, 4) is 0 Å². The van der Waals surface area contributed by atoms with Gasteiger partial charge in [-0.15, -0.1) is 0 Å².